The smallest absolute Gasteiger partial charge is 0.316 e. The Hall–Kier alpha value is -3.80. The normalized spacial score (nSPS) is 10.7. The van der Waals surface area contributed by atoms with Crippen molar-refractivity contribution in [2.75, 3.05) is 0 Å². The zero-order chi connectivity index (χ0) is 18.5. The summed E-state index contributed by atoms with van der Waals surface area (Å²) >= 11 is 0. The fraction of sp³-hybridized carbons (Fsp3) is 0.0476. The Bertz CT molecular complexity index is 978. The zero-order valence-electron chi connectivity index (χ0n) is 14.3. The molecule has 27 heavy (non-hydrogen) atoms. The first-order valence-electron chi connectivity index (χ1n) is 8.46. The predicted octanol–water partition coefficient (Wildman–Crippen LogP) is 3.65. The molecule has 0 fully saturated rings. The van der Waals surface area contributed by atoms with Crippen molar-refractivity contribution in [3.8, 4) is 11.4 Å². The minimum Gasteiger partial charge on any atom is -0.337 e. The van der Waals surface area contributed by atoms with Crippen LogP contribution < -0.4 is 5.32 Å². The number of carbonyl (C=O) groups is 1. The van der Waals surface area contributed by atoms with E-state index in [0.717, 1.165) is 11.1 Å². The van der Waals surface area contributed by atoms with E-state index in [1.165, 1.54) is 0 Å². The number of nitrogens with zero attached hydrogens (tertiary/aromatic N) is 3. The second kappa shape index (κ2) is 7.61. The van der Waals surface area contributed by atoms with Crippen LogP contribution in [-0.4, -0.2) is 21.0 Å². The highest BCUT2D eigenvalue weighted by molar-refractivity contribution is 5.90. The fourth-order valence-electron chi connectivity index (χ4n) is 2.77. The second-order valence-corrected chi connectivity index (χ2v) is 5.89. The van der Waals surface area contributed by atoms with Crippen molar-refractivity contribution in [2.45, 2.75) is 6.04 Å². The molecule has 0 saturated heterocycles. The molecule has 0 atom stereocenters. The molecule has 2 aromatic heterocycles. The maximum Gasteiger partial charge on any atom is 0.316 e. The molecule has 0 radical (unpaired) electrons. The third-order valence-electron chi connectivity index (χ3n) is 4.08. The van der Waals surface area contributed by atoms with Crippen molar-refractivity contribution >= 4 is 5.91 Å². The third-order valence-corrected chi connectivity index (χ3v) is 4.08. The lowest BCUT2D eigenvalue weighted by Crippen LogP contribution is -2.29. The summed E-state index contributed by atoms with van der Waals surface area (Å²) in [6.45, 7) is 0. The van der Waals surface area contributed by atoms with Gasteiger partial charge in [0, 0.05) is 18.0 Å². The van der Waals surface area contributed by atoms with E-state index in [1.54, 1.807) is 24.5 Å². The average Bonchev–Trinajstić information content (AvgIpc) is 3.24. The van der Waals surface area contributed by atoms with Gasteiger partial charge >= 0.3 is 11.8 Å². The molecule has 4 rings (SSSR count). The van der Waals surface area contributed by atoms with Crippen LogP contribution in [0.2, 0.25) is 0 Å². The largest absolute Gasteiger partial charge is 0.337 e. The first-order valence-corrected chi connectivity index (χ1v) is 8.46. The quantitative estimate of drug-likeness (QED) is 0.590. The van der Waals surface area contributed by atoms with Crippen molar-refractivity contribution in [2.24, 2.45) is 0 Å². The first-order chi connectivity index (χ1) is 13.3. The van der Waals surface area contributed by atoms with Crippen LogP contribution in [0.4, 0.5) is 0 Å². The molecule has 0 unspecified atom stereocenters. The van der Waals surface area contributed by atoms with Gasteiger partial charge in [0.1, 0.15) is 0 Å². The van der Waals surface area contributed by atoms with Crippen LogP contribution in [-0.2, 0) is 0 Å². The Kier molecular flexibility index (Phi) is 4.70. The van der Waals surface area contributed by atoms with Crippen LogP contribution in [0, 0.1) is 0 Å². The van der Waals surface area contributed by atoms with E-state index in [-0.39, 0.29) is 11.9 Å². The molecule has 6 nitrogen and oxygen atoms in total. The number of rotatable bonds is 5. The Balaban J connectivity index is 1.60. The van der Waals surface area contributed by atoms with Gasteiger partial charge in [-0.1, -0.05) is 65.8 Å². The van der Waals surface area contributed by atoms with Crippen LogP contribution in [0.5, 0.6) is 0 Å². The molecular weight excluding hydrogens is 340 g/mol. The molecule has 132 valence electrons. The Morgan fingerprint density at radius 3 is 2.15 bits per heavy atom. The van der Waals surface area contributed by atoms with Gasteiger partial charge in [0.2, 0.25) is 5.82 Å². The van der Waals surface area contributed by atoms with Crippen molar-refractivity contribution in [1.82, 2.24) is 20.4 Å². The van der Waals surface area contributed by atoms with E-state index in [2.05, 4.69) is 20.4 Å². The topological polar surface area (TPSA) is 80.9 Å². The zero-order valence-corrected chi connectivity index (χ0v) is 14.3. The van der Waals surface area contributed by atoms with Crippen molar-refractivity contribution in [1.29, 1.82) is 0 Å². The number of hydrogen-bond acceptors (Lipinski definition) is 5. The predicted molar refractivity (Wildman–Crippen MR) is 99.7 cm³/mol. The summed E-state index contributed by atoms with van der Waals surface area (Å²) in [6, 6.07) is 22.7. The summed E-state index contributed by atoms with van der Waals surface area (Å²) in [4.78, 5) is 20.9. The monoisotopic (exact) mass is 356 g/mol. The Morgan fingerprint density at radius 2 is 1.56 bits per heavy atom. The third kappa shape index (κ3) is 3.74. The van der Waals surface area contributed by atoms with Crippen LogP contribution in [0.25, 0.3) is 11.4 Å². The van der Waals surface area contributed by atoms with Gasteiger partial charge in [0.25, 0.3) is 0 Å². The number of amides is 1. The highest BCUT2D eigenvalue weighted by Gasteiger charge is 2.22. The lowest BCUT2D eigenvalue weighted by molar-refractivity contribution is 0.0899. The average molecular weight is 356 g/mol. The van der Waals surface area contributed by atoms with Crippen LogP contribution in [0.15, 0.2) is 89.7 Å². The van der Waals surface area contributed by atoms with Crippen LogP contribution in [0.3, 0.4) is 0 Å². The van der Waals surface area contributed by atoms with E-state index in [9.17, 15) is 4.79 Å². The van der Waals surface area contributed by atoms with E-state index >= 15 is 0 Å². The lowest BCUT2D eigenvalue weighted by atomic mass is 9.99. The van der Waals surface area contributed by atoms with Gasteiger partial charge in [0.05, 0.1) is 6.04 Å². The van der Waals surface area contributed by atoms with Crippen molar-refractivity contribution in [3.63, 3.8) is 0 Å². The van der Waals surface area contributed by atoms with E-state index < -0.39 is 5.91 Å². The molecule has 0 saturated carbocycles. The van der Waals surface area contributed by atoms with E-state index in [1.807, 2.05) is 60.7 Å². The molecule has 2 heterocycles. The second-order valence-electron chi connectivity index (χ2n) is 5.89. The molecule has 0 aliphatic carbocycles. The maximum atomic E-state index is 12.7. The van der Waals surface area contributed by atoms with Gasteiger partial charge in [-0.25, -0.2) is 0 Å². The summed E-state index contributed by atoms with van der Waals surface area (Å²) in [5, 5.41) is 6.85. The van der Waals surface area contributed by atoms with Gasteiger partial charge in [-0.05, 0) is 23.3 Å². The maximum absolute atomic E-state index is 12.7. The number of benzene rings is 2. The van der Waals surface area contributed by atoms with E-state index in [0.29, 0.717) is 11.4 Å². The number of aromatic nitrogens is 3. The van der Waals surface area contributed by atoms with Gasteiger partial charge in [0.15, 0.2) is 0 Å². The minimum absolute atomic E-state index is 0.0919. The standard InChI is InChI=1S/C21H16N4O2/c26-20(21-24-19(25-27-21)17-12-7-13-22-14-17)23-18(15-8-3-1-4-9-15)16-10-5-2-6-11-16/h1-14,18H,(H,23,26). The van der Waals surface area contributed by atoms with Crippen LogP contribution >= 0.6 is 0 Å². The first kappa shape index (κ1) is 16.7. The van der Waals surface area contributed by atoms with E-state index in [4.69, 9.17) is 4.52 Å². The van der Waals surface area contributed by atoms with Gasteiger partial charge in [-0.15, -0.1) is 0 Å². The molecule has 6 heteroatoms. The molecule has 0 aliphatic rings. The highest BCUT2D eigenvalue weighted by atomic mass is 16.5. The van der Waals surface area contributed by atoms with Crippen molar-refractivity contribution < 1.29 is 9.32 Å². The summed E-state index contributed by atoms with van der Waals surface area (Å²) in [5.74, 6) is -0.203. The van der Waals surface area contributed by atoms with Crippen molar-refractivity contribution in [3.05, 3.63) is 102 Å². The molecule has 0 bridgehead atoms. The highest BCUT2D eigenvalue weighted by Crippen LogP contribution is 2.22. The Labute approximate surface area is 155 Å². The number of hydrogen-bond donors (Lipinski definition) is 1. The Morgan fingerprint density at radius 1 is 0.889 bits per heavy atom. The summed E-state index contributed by atoms with van der Waals surface area (Å²) in [5.41, 5.74) is 2.61. The summed E-state index contributed by atoms with van der Waals surface area (Å²) in [6.07, 6.45) is 3.27. The molecular formula is C21H16N4O2. The van der Waals surface area contributed by atoms with Crippen LogP contribution in [0.1, 0.15) is 27.9 Å². The molecule has 4 aromatic rings. The molecule has 1 amide bonds. The van der Waals surface area contributed by atoms with Gasteiger partial charge in [-0.3, -0.25) is 9.78 Å². The summed E-state index contributed by atoms with van der Waals surface area (Å²) in [7, 11) is 0. The number of carbonyl (C=O) groups excluding carboxylic acids is 1. The fourth-order valence-corrected chi connectivity index (χ4v) is 2.77. The SMILES string of the molecule is O=C(NC(c1ccccc1)c1ccccc1)c1nc(-c2cccnc2)no1. The van der Waals surface area contributed by atoms with Gasteiger partial charge < -0.3 is 9.84 Å². The number of pyridine rings is 1. The summed E-state index contributed by atoms with van der Waals surface area (Å²) < 4.78 is 5.15. The lowest BCUT2D eigenvalue weighted by Gasteiger charge is -2.18. The molecule has 2 aromatic carbocycles. The number of nitrogens with one attached hydrogen (secondary N) is 1. The minimum atomic E-state index is -0.435. The van der Waals surface area contributed by atoms with Gasteiger partial charge in [-0.2, -0.15) is 4.98 Å². The molecule has 0 spiro atoms. The molecule has 1 N–H and O–H groups in total. The molecule has 0 aliphatic heterocycles.